The maximum Gasteiger partial charge on any atom is 0.248 e. The molecule has 1 atom stereocenters. The number of ether oxygens (including phenoxy) is 1. The van der Waals surface area contributed by atoms with Crippen molar-refractivity contribution in [2.45, 2.75) is 45.1 Å². The number of piperidine rings is 2. The molecule has 0 aromatic carbocycles. The number of rotatable bonds is 6. The van der Waals surface area contributed by atoms with Crippen molar-refractivity contribution in [2.75, 3.05) is 72.6 Å². The van der Waals surface area contributed by atoms with E-state index in [-0.39, 0.29) is 18.4 Å². The van der Waals surface area contributed by atoms with Crippen LogP contribution in [0, 0.1) is 5.92 Å². The summed E-state index contributed by atoms with van der Waals surface area (Å²) in [5.74, 6) is 0.631. The molecule has 7 heteroatoms. The zero-order valence-corrected chi connectivity index (χ0v) is 17.8. The summed E-state index contributed by atoms with van der Waals surface area (Å²) in [5, 5.41) is 0. The zero-order valence-electron chi connectivity index (χ0n) is 17.8. The summed E-state index contributed by atoms with van der Waals surface area (Å²) in [7, 11) is 2.12. The van der Waals surface area contributed by atoms with Gasteiger partial charge in [0, 0.05) is 58.5 Å². The average molecular weight is 395 g/mol. The lowest BCUT2D eigenvalue weighted by Crippen LogP contribution is -2.54. The van der Waals surface area contributed by atoms with Gasteiger partial charge in [-0.05, 0) is 45.7 Å². The summed E-state index contributed by atoms with van der Waals surface area (Å²) in [6.07, 6.45) is 5.09. The van der Waals surface area contributed by atoms with Gasteiger partial charge in [0.2, 0.25) is 11.8 Å². The van der Waals surface area contributed by atoms with E-state index >= 15 is 0 Å². The predicted octanol–water partition coefficient (Wildman–Crippen LogP) is 0.890. The minimum Gasteiger partial charge on any atom is -0.372 e. The van der Waals surface area contributed by atoms with Gasteiger partial charge in [-0.25, -0.2) is 0 Å². The van der Waals surface area contributed by atoms with Crippen LogP contribution < -0.4 is 0 Å². The fourth-order valence-corrected chi connectivity index (χ4v) is 4.70. The molecule has 3 rings (SSSR count). The standard InChI is InChI=1S/C21H38N4O3/c1-3-15-28-17-20(26)23-9-6-19(7-10-23)25-8-4-5-18(16-25)21(27)24-13-11-22(2)12-14-24/h18-19H,3-17H2,1-2H3. The lowest BCUT2D eigenvalue weighted by atomic mass is 9.92. The second-order valence-corrected chi connectivity index (χ2v) is 8.63. The molecule has 0 aromatic heterocycles. The molecule has 160 valence electrons. The van der Waals surface area contributed by atoms with E-state index in [0.717, 1.165) is 84.5 Å². The summed E-state index contributed by atoms with van der Waals surface area (Å²) in [6.45, 7) is 10.2. The molecule has 0 bridgehead atoms. The summed E-state index contributed by atoms with van der Waals surface area (Å²) >= 11 is 0. The third-order valence-electron chi connectivity index (χ3n) is 6.52. The zero-order chi connectivity index (χ0) is 19.9. The number of likely N-dealkylation sites (N-methyl/N-ethyl adjacent to an activating group) is 1. The van der Waals surface area contributed by atoms with Gasteiger partial charge in [0.05, 0.1) is 5.92 Å². The van der Waals surface area contributed by atoms with Gasteiger partial charge in [-0.2, -0.15) is 0 Å². The van der Waals surface area contributed by atoms with Crippen LogP contribution in [-0.4, -0.2) is 110 Å². The topological polar surface area (TPSA) is 56.3 Å². The van der Waals surface area contributed by atoms with E-state index in [2.05, 4.69) is 28.7 Å². The van der Waals surface area contributed by atoms with Crippen LogP contribution in [0.3, 0.4) is 0 Å². The van der Waals surface area contributed by atoms with Crippen molar-refractivity contribution < 1.29 is 14.3 Å². The molecule has 0 radical (unpaired) electrons. The number of piperazine rings is 1. The number of hydrogen-bond donors (Lipinski definition) is 0. The van der Waals surface area contributed by atoms with E-state index in [4.69, 9.17) is 4.74 Å². The SMILES string of the molecule is CCCOCC(=O)N1CCC(N2CCCC(C(=O)N3CCN(C)CC3)C2)CC1. The summed E-state index contributed by atoms with van der Waals surface area (Å²) < 4.78 is 5.40. The largest absolute Gasteiger partial charge is 0.372 e. The Hall–Kier alpha value is -1.18. The Morgan fingerprint density at radius 1 is 0.929 bits per heavy atom. The van der Waals surface area contributed by atoms with Crippen LogP contribution in [0.25, 0.3) is 0 Å². The normalized spacial score (nSPS) is 25.9. The third-order valence-corrected chi connectivity index (χ3v) is 6.52. The average Bonchev–Trinajstić information content (AvgIpc) is 2.74. The Morgan fingerprint density at radius 2 is 1.64 bits per heavy atom. The highest BCUT2D eigenvalue weighted by molar-refractivity contribution is 5.79. The van der Waals surface area contributed by atoms with Gasteiger partial charge < -0.3 is 19.4 Å². The molecule has 3 fully saturated rings. The lowest BCUT2D eigenvalue weighted by Gasteiger charge is -2.43. The van der Waals surface area contributed by atoms with E-state index in [1.807, 2.05) is 4.90 Å². The third kappa shape index (κ3) is 5.67. The first-order valence-corrected chi connectivity index (χ1v) is 11.2. The van der Waals surface area contributed by atoms with Crippen molar-refractivity contribution in [3.05, 3.63) is 0 Å². The second-order valence-electron chi connectivity index (χ2n) is 8.63. The van der Waals surface area contributed by atoms with Crippen LogP contribution in [0.5, 0.6) is 0 Å². The van der Waals surface area contributed by atoms with Gasteiger partial charge >= 0.3 is 0 Å². The Morgan fingerprint density at radius 3 is 2.32 bits per heavy atom. The minimum atomic E-state index is 0.119. The molecule has 3 aliphatic heterocycles. The highest BCUT2D eigenvalue weighted by Gasteiger charge is 2.34. The monoisotopic (exact) mass is 394 g/mol. The van der Waals surface area contributed by atoms with Crippen molar-refractivity contribution in [3.63, 3.8) is 0 Å². The van der Waals surface area contributed by atoms with Crippen molar-refractivity contribution in [3.8, 4) is 0 Å². The van der Waals surface area contributed by atoms with Crippen molar-refractivity contribution in [2.24, 2.45) is 5.92 Å². The van der Waals surface area contributed by atoms with Crippen LogP contribution in [-0.2, 0) is 14.3 Å². The smallest absolute Gasteiger partial charge is 0.248 e. The number of carbonyl (C=O) groups is 2. The van der Waals surface area contributed by atoms with Crippen LogP contribution in [0.4, 0.5) is 0 Å². The Bertz CT molecular complexity index is 514. The highest BCUT2D eigenvalue weighted by Crippen LogP contribution is 2.25. The van der Waals surface area contributed by atoms with Crippen molar-refractivity contribution in [1.29, 1.82) is 0 Å². The predicted molar refractivity (Wildman–Crippen MR) is 109 cm³/mol. The molecule has 0 spiro atoms. The molecular weight excluding hydrogens is 356 g/mol. The number of nitrogens with zero attached hydrogens (tertiary/aromatic N) is 4. The summed E-state index contributed by atoms with van der Waals surface area (Å²) in [4.78, 5) is 34.0. The van der Waals surface area contributed by atoms with Crippen molar-refractivity contribution >= 4 is 11.8 Å². The fraction of sp³-hybridized carbons (Fsp3) is 0.905. The molecule has 3 heterocycles. The van der Waals surface area contributed by atoms with E-state index in [1.54, 1.807) is 0 Å². The van der Waals surface area contributed by atoms with E-state index in [9.17, 15) is 9.59 Å². The number of likely N-dealkylation sites (tertiary alicyclic amines) is 2. The van der Waals surface area contributed by atoms with Crippen LogP contribution in [0.1, 0.15) is 39.0 Å². The highest BCUT2D eigenvalue weighted by atomic mass is 16.5. The van der Waals surface area contributed by atoms with Gasteiger partial charge in [-0.1, -0.05) is 6.92 Å². The van der Waals surface area contributed by atoms with Crippen LogP contribution in [0.15, 0.2) is 0 Å². The first-order valence-electron chi connectivity index (χ1n) is 11.2. The molecule has 3 aliphatic rings. The van der Waals surface area contributed by atoms with E-state index < -0.39 is 0 Å². The first-order chi connectivity index (χ1) is 13.6. The van der Waals surface area contributed by atoms with Gasteiger partial charge in [-0.3, -0.25) is 14.5 Å². The maximum atomic E-state index is 13.0. The van der Waals surface area contributed by atoms with Gasteiger partial charge in [0.15, 0.2) is 0 Å². The molecular formula is C21H38N4O3. The van der Waals surface area contributed by atoms with Crippen LogP contribution >= 0.6 is 0 Å². The quantitative estimate of drug-likeness (QED) is 0.627. The Labute approximate surface area is 169 Å². The Balaban J connectivity index is 1.43. The lowest BCUT2D eigenvalue weighted by molar-refractivity contribution is -0.139. The van der Waals surface area contributed by atoms with E-state index in [1.165, 1.54) is 0 Å². The maximum absolute atomic E-state index is 13.0. The van der Waals surface area contributed by atoms with Gasteiger partial charge in [0.1, 0.15) is 6.61 Å². The molecule has 0 saturated carbocycles. The molecule has 28 heavy (non-hydrogen) atoms. The molecule has 7 nitrogen and oxygen atoms in total. The molecule has 0 aliphatic carbocycles. The molecule has 0 aromatic rings. The van der Waals surface area contributed by atoms with E-state index in [0.29, 0.717) is 18.6 Å². The molecule has 3 saturated heterocycles. The minimum absolute atomic E-state index is 0.119. The van der Waals surface area contributed by atoms with Gasteiger partial charge in [-0.15, -0.1) is 0 Å². The number of amides is 2. The molecule has 2 amide bonds. The summed E-state index contributed by atoms with van der Waals surface area (Å²) in [5.41, 5.74) is 0. The molecule has 0 N–H and O–H groups in total. The second kappa shape index (κ2) is 10.6. The van der Waals surface area contributed by atoms with Crippen molar-refractivity contribution in [1.82, 2.24) is 19.6 Å². The fourth-order valence-electron chi connectivity index (χ4n) is 4.70. The summed E-state index contributed by atoms with van der Waals surface area (Å²) in [6, 6.07) is 0.503. The van der Waals surface area contributed by atoms with Crippen LogP contribution in [0.2, 0.25) is 0 Å². The number of carbonyl (C=O) groups excluding carboxylic acids is 2. The van der Waals surface area contributed by atoms with Gasteiger partial charge in [0.25, 0.3) is 0 Å². The molecule has 1 unspecified atom stereocenters. The first kappa shape index (κ1) is 21.5. The number of hydrogen-bond acceptors (Lipinski definition) is 5. The Kier molecular flexibility index (Phi) is 8.11.